The first-order chi connectivity index (χ1) is 14.0. The fourth-order valence-corrected chi connectivity index (χ4v) is 2.43. The third-order valence-corrected chi connectivity index (χ3v) is 4.15. The highest BCUT2D eigenvalue weighted by molar-refractivity contribution is 6.35. The summed E-state index contributed by atoms with van der Waals surface area (Å²) in [4.78, 5) is 23.2. The first-order valence-electron chi connectivity index (χ1n) is 9.20. The van der Waals surface area contributed by atoms with Gasteiger partial charge in [0.25, 0.3) is 0 Å². The van der Waals surface area contributed by atoms with E-state index in [1.54, 1.807) is 30.3 Å². The number of rotatable bonds is 9. The molecule has 2 amide bonds. The summed E-state index contributed by atoms with van der Waals surface area (Å²) in [5, 5.41) is 6.99. The molecule has 2 rings (SSSR count). The minimum absolute atomic E-state index is 0.365. The standard InChI is InChI=1S/C21H24ClN3O4/c1-3-4-11-23-20(26)21(27)25-24-13-16-7-10-18(19(12-16)28-2)29-14-15-5-8-17(22)9-6-15/h5-10,12-13H,3-4,11,14H2,1-2H3,(H,23,26)(H,25,27)/b24-13-. The van der Waals surface area contributed by atoms with Crippen molar-refractivity contribution in [1.82, 2.24) is 10.7 Å². The lowest BCUT2D eigenvalue weighted by atomic mass is 10.2. The quantitative estimate of drug-likeness (QED) is 0.283. The predicted molar refractivity (Wildman–Crippen MR) is 112 cm³/mol. The summed E-state index contributed by atoms with van der Waals surface area (Å²) in [6, 6.07) is 12.6. The zero-order valence-electron chi connectivity index (χ0n) is 16.4. The van der Waals surface area contributed by atoms with Crippen molar-refractivity contribution in [1.29, 1.82) is 0 Å². The minimum atomic E-state index is -0.813. The molecule has 2 aromatic rings. The first kappa shape index (κ1) is 22.2. The molecule has 0 heterocycles. The number of carbonyl (C=O) groups excluding carboxylic acids is 2. The van der Waals surface area contributed by atoms with Gasteiger partial charge in [0.15, 0.2) is 11.5 Å². The van der Waals surface area contributed by atoms with Gasteiger partial charge < -0.3 is 14.8 Å². The number of amides is 2. The number of ether oxygens (including phenoxy) is 2. The van der Waals surface area contributed by atoms with Gasteiger partial charge in [-0.2, -0.15) is 5.10 Å². The maximum absolute atomic E-state index is 11.7. The minimum Gasteiger partial charge on any atom is -0.493 e. The van der Waals surface area contributed by atoms with Crippen molar-refractivity contribution in [3.63, 3.8) is 0 Å². The summed E-state index contributed by atoms with van der Waals surface area (Å²) < 4.78 is 11.1. The lowest BCUT2D eigenvalue weighted by Gasteiger charge is -2.11. The zero-order valence-corrected chi connectivity index (χ0v) is 17.2. The van der Waals surface area contributed by atoms with Gasteiger partial charge in [-0.3, -0.25) is 9.59 Å². The van der Waals surface area contributed by atoms with Crippen molar-refractivity contribution in [2.75, 3.05) is 13.7 Å². The number of hydrazone groups is 1. The highest BCUT2D eigenvalue weighted by Crippen LogP contribution is 2.28. The van der Waals surface area contributed by atoms with Crippen LogP contribution in [0.25, 0.3) is 0 Å². The van der Waals surface area contributed by atoms with Crippen molar-refractivity contribution < 1.29 is 19.1 Å². The second-order valence-electron chi connectivity index (χ2n) is 6.13. The van der Waals surface area contributed by atoms with Gasteiger partial charge >= 0.3 is 11.8 Å². The predicted octanol–water partition coefficient (Wildman–Crippen LogP) is 3.29. The third-order valence-electron chi connectivity index (χ3n) is 3.90. The zero-order chi connectivity index (χ0) is 21.1. The van der Waals surface area contributed by atoms with Crippen LogP contribution in [0.5, 0.6) is 11.5 Å². The van der Waals surface area contributed by atoms with Crippen molar-refractivity contribution in [2.45, 2.75) is 26.4 Å². The number of carbonyl (C=O) groups is 2. The van der Waals surface area contributed by atoms with Crippen molar-refractivity contribution >= 4 is 29.6 Å². The molecule has 0 spiro atoms. The molecule has 0 unspecified atom stereocenters. The Bertz CT molecular complexity index is 854. The maximum Gasteiger partial charge on any atom is 0.329 e. The Morgan fingerprint density at radius 2 is 1.86 bits per heavy atom. The van der Waals surface area contributed by atoms with Gasteiger partial charge in [0.05, 0.1) is 13.3 Å². The van der Waals surface area contributed by atoms with Gasteiger partial charge in [0, 0.05) is 11.6 Å². The number of hydrogen-bond acceptors (Lipinski definition) is 5. The molecule has 2 N–H and O–H groups in total. The second kappa shape index (κ2) is 11.7. The average Bonchev–Trinajstić information content (AvgIpc) is 2.73. The molecule has 0 aliphatic carbocycles. The van der Waals surface area contributed by atoms with Crippen LogP contribution in [-0.4, -0.2) is 31.7 Å². The topological polar surface area (TPSA) is 89.0 Å². The van der Waals surface area contributed by atoms with E-state index in [-0.39, 0.29) is 0 Å². The van der Waals surface area contributed by atoms with Crippen LogP contribution < -0.4 is 20.2 Å². The summed E-state index contributed by atoms with van der Waals surface area (Å²) in [6.45, 7) is 2.82. The molecule has 0 radical (unpaired) electrons. The van der Waals surface area contributed by atoms with Crippen LogP contribution in [0.2, 0.25) is 5.02 Å². The van der Waals surface area contributed by atoms with E-state index in [1.165, 1.54) is 13.3 Å². The fraction of sp³-hybridized carbons (Fsp3) is 0.286. The van der Waals surface area contributed by atoms with Crippen LogP contribution in [-0.2, 0) is 16.2 Å². The van der Waals surface area contributed by atoms with Crippen LogP contribution >= 0.6 is 11.6 Å². The molecular weight excluding hydrogens is 394 g/mol. The molecule has 2 aromatic carbocycles. The van der Waals surface area contributed by atoms with Crippen molar-refractivity contribution in [3.8, 4) is 11.5 Å². The van der Waals surface area contributed by atoms with E-state index in [0.717, 1.165) is 18.4 Å². The Morgan fingerprint density at radius 1 is 1.10 bits per heavy atom. The van der Waals surface area contributed by atoms with Crippen LogP contribution in [0.3, 0.4) is 0 Å². The highest BCUT2D eigenvalue weighted by Gasteiger charge is 2.11. The molecule has 0 fully saturated rings. The smallest absolute Gasteiger partial charge is 0.329 e. The number of hydrogen-bond donors (Lipinski definition) is 2. The van der Waals surface area contributed by atoms with Crippen LogP contribution in [0, 0.1) is 0 Å². The summed E-state index contributed by atoms with van der Waals surface area (Å²) in [7, 11) is 1.54. The van der Waals surface area contributed by atoms with E-state index in [1.807, 2.05) is 19.1 Å². The van der Waals surface area contributed by atoms with Gasteiger partial charge in [-0.25, -0.2) is 5.43 Å². The Hall–Kier alpha value is -3.06. The van der Waals surface area contributed by atoms with Crippen LogP contribution in [0.4, 0.5) is 0 Å². The molecule has 0 saturated heterocycles. The highest BCUT2D eigenvalue weighted by atomic mass is 35.5. The lowest BCUT2D eigenvalue weighted by molar-refractivity contribution is -0.139. The number of halogens is 1. The molecule has 29 heavy (non-hydrogen) atoms. The van der Waals surface area contributed by atoms with Gasteiger partial charge in [-0.15, -0.1) is 0 Å². The van der Waals surface area contributed by atoms with Crippen molar-refractivity contribution in [3.05, 3.63) is 58.6 Å². The Morgan fingerprint density at radius 3 is 2.55 bits per heavy atom. The number of benzene rings is 2. The molecule has 0 aliphatic heterocycles. The summed E-state index contributed by atoms with van der Waals surface area (Å²) >= 11 is 5.88. The fourth-order valence-electron chi connectivity index (χ4n) is 2.30. The molecule has 8 heteroatoms. The largest absolute Gasteiger partial charge is 0.493 e. The van der Waals surface area contributed by atoms with E-state index in [4.69, 9.17) is 21.1 Å². The molecular formula is C21H24ClN3O4. The van der Waals surface area contributed by atoms with Gasteiger partial charge in [0.1, 0.15) is 6.61 Å². The summed E-state index contributed by atoms with van der Waals surface area (Å²) in [5.74, 6) is -0.433. The number of methoxy groups -OCH3 is 1. The van der Waals surface area contributed by atoms with Crippen LogP contribution in [0.1, 0.15) is 30.9 Å². The molecule has 7 nitrogen and oxygen atoms in total. The van der Waals surface area contributed by atoms with Gasteiger partial charge in [0.2, 0.25) is 0 Å². The monoisotopic (exact) mass is 417 g/mol. The lowest BCUT2D eigenvalue weighted by Crippen LogP contribution is -2.38. The summed E-state index contributed by atoms with van der Waals surface area (Å²) in [6.07, 6.45) is 3.17. The maximum atomic E-state index is 11.7. The van der Waals surface area contributed by atoms with E-state index >= 15 is 0 Å². The van der Waals surface area contributed by atoms with Crippen LogP contribution in [0.15, 0.2) is 47.6 Å². The van der Waals surface area contributed by atoms with E-state index in [2.05, 4.69) is 15.8 Å². The first-order valence-corrected chi connectivity index (χ1v) is 9.57. The summed E-state index contributed by atoms with van der Waals surface area (Å²) in [5.41, 5.74) is 3.84. The van der Waals surface area contributed by atoms with Gasteiger partial charge in [-0.05, 0) is 47.9 Å². The average molecular weight is 418 g/mol. The van der Waals surface area contributed by atoms with E-state index in [0.29, 0.717) is 35.2 Å². The van der Waals surface area contributed by atoms with E-state index < -0.39 is 11.8 Å². The number of nitrogens with one attached hydrogen (secondary N) is 2. The Kier molecular flexibility index (Phi) is 8.98. The Labute approximate surface area is 175 Å². The molecule has 0 aliphatic rings. The van der Waals surface area contributed by atoms with Gasteiger partial charge in [-0.1, -0.05) is 37.1 Å². The molecule has 0 atom stereocenters. The normalized spacial score (nSPS) is 10.6. The number of unbranched alkanes of at least 4 members (excludes halogenated alkanes) is 1. The SMILES string of the molecule is CCCCNC(=O)C(=O)N/N=C\c1ccc(OCc2ccc(Cl)cc2)c(OC)c1. The molecule has 0 aromatic heterocycles. The third kappa shape index (κ3) is 7.46. The van der Waals surface area contributed by atoms with Crippen molar-refractivity contribution in [2.24, 2.45) is 5.10 Å². The molecule has 0 bridgehead atoms. The van der Waals surface area contributed by atoms with E-state index in [9.17, 15) is 9.59 Å². The molecule has 154 valence electrons. The second-order valence-corrected chi connectivity index (χ2v) is 6.57. The number of nitrogens with zero attached hydrogens (tertiary/aromatic N) is 1. The molecule has 0 saturated carbocycles. The Balaban J connectivity index is 1.91.